The molecule has 0 amide bonds. The number of aryl methyl sites for hydroxylation is 1. The highest BCUT2D eigenvalue weighted by atomic mass is 35.5. The van der Waals surface area contributed by atoms with E-state index in [1.165, 1.54) is 0 Å². The number of hydrogen-bond acceptors (Lipinski definition) is 4. The van der Waals surface area contributed by atoms with E-state index in [0.29, 0.717) is 32.9 Å². The fraction of sp³-hybridized carbons (Fsp3) is 0.0435. The van der Waals surface area contributed by atoms with Gasteiger partial charge in [0.15, 0.2) is 0 Å². The van der Waals surface area contributed by atoms with Gasteiger partial charge < -0.3 is 9.15 Å². The molecule has 0 atom stereocenters. The minimum Gasteiger partial charge on any atom is -0.423 e. The van der Waals surface area contributed by atoms with Crippen molar-refractivity contribution in [1.82, 2.24) is 0 Å². The third-order valence-corrected chi connectivity index (χ3v) is 4.71. The molecule has 0 fully saturated rings. The van der Waals surface area contributed by atoms with E-state index in [9.17, 15) is 9.59 Å². The van der Waals surface area contributed by atoms with Gasteiger partial charge in [0.25, 0.3) is 0 Å². The molecule has 3 aromatic carbocycles. The van der Waals surface area contributed by atoms with Crippen molar-refractivity contribution in [3.05, 3.63) is 99.4 Å². The lowest BCUT2D eigenvalue weighted by Gasteiger charge is -2.10. The Kier molecular flexibility index (Phi) is 4.72. The van der Waals surface area contributed by atoms with Crippen LogP contribution in [0.1, 0.15) is 15.9 Å². The highest BCUT2D eigenvalue weighted by molar-refractivity contribution is 6.30. The van der Waals surface area contributed by atoms with E-state index < -0.39 is 11.6 Å². The van der Waals surface area contributed by atoms with Gasteiger partial charge in [0.05, 0.1) is 11.1 Å². The summed E-state index contributed by atoms with van der Waals surface area (Å²) in [5.74, 6) is -0.159. The molecule has 4 aromatic rings. The lowest BCUT2D eigenvalue weighted by atomic mass is 9.99. The van der Waals surface area contributed by atoms with Gasteiger partial charge in [-0.05, 0) is 54.4 Å². The van der Waals surface area contributed by atoms with Crippen LogP contribution in [0.2, 0.25) is 5.02 Å². The summed E-state index contributed by atoms with van der Waals surface area (Å²) in [6, 6.07) is 20.8. The number of hydrogen-bond donors (Lipinski definition) is 0. The van der Waals surface area contributed by atoms with Crippen LogP contribution >= 0.6 is 11.6 Å². The summed E-state index contributed by atoms with van der Waals surface area (Å²) < 4.78 is 11.0. The van der Waals surface area contributed by atoms with E-state index in [-0.39, 0.29) is 0 Å². The Hall–Kier alpha value is -3.37. The summed E-state index contributed by atoms with van der Waals surface area (Å²) in [4.78, 5) is 24.8. The fourth-order valence-corrected chi connectivity index (χ4v) is 3.30. The van der Waals surface area contributed by atoms with Crippen LogP contribution < -0.4 is 10.4 Å². The molecule has 0 saturated carbocycles. The van der Waals surface area contributed by atoms with Crippen molar-refractivity contribution < 1.29 is 13.9 Å². The minimum atomic E-state index is -0.514. The highest BCUT2D eigenvalue weighted by Gasteiger charge is 2.15. The average Bonchev–Trinajstić information content (AvgIpc) is 2.69. The molecule has 1 aromatic heterocycles. The van der Waals surface area contributed by atoms with Crippen LogP contribution in [0.4, 0.5) is 0 Å². The van der Waals surface area contributed by atoms with Gasteiger partial charge in [-0.25, -0.2) is 9.59 Å². The lowest BCUT2D eigenvalue weighted by Crippen LogP contribution is -2.09. The maximum absolute atomic E-state index is 12.5. The van der Waals surface area contributed by atoms with Crippen LogP contribution in [-0.2, 0) is 0 Å². The molecule has 0 aliphatic rings. The molecule has 0 N–H and O–H groups in total. The highest BCUT2D eigenvalue weighted by Crippen LogP contribution is 2.29. The van der Waals surface area contributed by atoms with E-state index in [4.69, 9.17) is 20.8 Å². The van der Waals surface area contributed by atoms with Crippen molar-refractivity contribution in [2.24, 2.45) is 0 Å². The monoisotopic (exact) mass is 390 g/mol. The van der Waals surface area contributed by atoms with Gasteiger partial charge in [0.2, 0.25) is 0 Å². The number of carbonyl (C=O) groups is 1. The summed E-state index contributed by atoms with van der Waals surface area (Å²) in [6.07, 6.45) is 0. The summed E-state index contributed by atoms with van der Waals surface area (Å²) >= 11 is 5.93. The van der Waals surface area contributed by atoms with Gasteiger partial charge >= 0.3 is 11.6 Å². The third-order valence-electron chi connectivity index (χ3n) is 4.47. The Morgan fingerprint density at radius 3 is 2.50 bits per heavy atom. The third kappa shape index (κ3) is 3.42. The number of carbonyl (C=O) groups excluding carboxylic acids is 1. The van der Waals surface area contributed by atoms with E-state index in [1.807, 2.05) is 37.3 Å². The van der Waals surface area contributed by atoms with Crippen molar-refractivity contribution in [1.29, 1.82) is 0 Å². The van der Waals surface area contributed by atoms with E-state index >= 15 is 0 Å². The van der Waals surface area contributed by atoms with Gasteiger partial charge in [-0.2, -0.15) is 0 Å². The van der Waals surface area contributed by atoms with Gasteiger partial charge in [-0.3, -0.25) is 0 Å². The maximum Gasteiger partial charge on any atom is 0.344 e. The van der Waals surface area contributed by atoms with Crippen LogP contribution in [0, 0.1) is 6.92 Å². The SMILES string of the molecule is Cc1c(-c2ccccc2)c(=O)oc2ccc(OC(=O)c3cccc(Cl)c3)cc12. The second-order valence-corrected chi connectivity index (χ2v) is 6.75. The maximum atomic E-state index is 12.5. The van der Waals surface area contributed by atoms with Crippen molar-refractivity contribution in [3.63, 3.8) is 0 Å². The molecule has 0 spiro atoms. The van der Waals surface area contributed by atoms with Crippen LogP contribution in [-0.4, -0.2) is 5.97 Å². The Bertz CT molecular complexity index is 1240. The number of rotatable bonds is 3. The van der Waals surface area contributed by atoms with E-state index in [2.05, 4.69) is 0 Å². The molecule has 0 bridgehead atoms. The number of halogens is 1. The summed E-state index contributed by atoms with van der Waals surface area (Å²) in [5, 5.41) is 1.16. The van der Waals surface area contributed by atoms with Gasteiger partial charge in [-0.1, -0.05) is 48.0 Å². The molecular formula is C23H15ClO4. The first-order valence-electron chi connectivity index (χ1n) is 8.63. The fourth-order valence-electron chi connectivity index (χ4n) is 3.11. The minimum absolute atomic E-state index is 0.355. The van der Waals surface area contributed by atoms with Crippen molar-refractivity contribution in [3.8, 4) is 16.9 Å². The second-order valence-electron chi connectivity index (χ2n) is 6.31. The first-order chi connectivity index (χ1) is 13.5. The van der Waals surface area contributed by atoms with Crippen LogP contribution in [0.15, 0.2) is 82.0 Å². The molecule has 138 valence electrons. The standard InChI is InChI=1S/C23H15ClO4/c1-14-19-13-18(27-22(25)16-8-5-9-17(24)12-16)10-11-20(19)28-23(26)21(14)15-6-3-2-4-7-15/h2-13H,1H3. The lowest BCUT2D eigenvalue weighted by molar-refractivity contribution is 0.0735. The predicted octanol–water partition coefficient (Wildman–Crippen LogP) is 5.64. The van der Waals surface area contributed by atoms with Crippen molar-refractivity contribution in [2.45, 2.75) is 6.92 Å². The topological polar surface area (TPSA) is 56.5 Å². The molecule has 0 unspecified atom stereocenters. The van der Waals surface area contributed by atoms with Crippen LogP contribution in [0.3, 0.4) is 0 Å². The Labute approximate surface area is 166 Å². The van der Waals surface area contributed by atoms with Crippen LogP contribution in [0.5, 0.6) is 5.75 Å². The van der Waals surface area contributed by atoms with Gasteiger partial charge in [0.1, 0.15) is 11.3 Å². The smallest absolute Gasteiger partial charge is 0.344 e. The number of benzene rings is 3. The molecule has 4 rings (SSSR count). The van der Waals surface area contributed by atoms with Crippen LogP contribution in [0.25, 0.3) is 22.1 Å². The number of esters is 1. The molecule has 0 aliphatic carbocycles. The largest absolute Gasteiger partial charge is 0.423 e. The molecule has 0 aliphatic heterocycles. The molecular weight excluding hydrogens is 376 g/mol. The number of ether oxygens (including phenoxy) is 1. The normalized spacial score (nSPS) is 10.8. The molecule has 5 heteroatoms. The summed E-state index contributed by atoms with van der Waals surface area (Å²) in [7, 11) is 0. The quantitative estimate of drug-likeness (QED) is 0.258. The van der Waals surface area contributed by atoms with Gasteiger partial charge in [0, 0.05) is 10.4 Å². The second kappa shape index (κ2) is 7.33. The first kappa shape index (κ1) is 18.0. The molecule has 28 heavy (non-hydrogen) atoms. The summed E-state index contributed by atoms with van der Waals surface area (Å²) in [6.45, 7) is 1.85. The molecule has 0 saturated heterocycles. The Morgan fingerprint density at radius 1 is 0.964 bits per heavy atom. The number of fused-ring (bicyclic) bond motifs is 1. The zero-order chi connectivity index (χ0) is 19.7. The Balaban J connectivity index is 1.76. The van der Waals surface area contributed by atoms with Crippen molar-refractivity contribution in [2.75, 3.05) is 0 Å². The molecule has 4 nitrogen and oxygen atoms in total. The van der Waals surface area contributed by atoms with E-state index in [1.54, 1.807) is 42.5 Å². The average molecular weight is 391 g/mol. The zero-order valence-corrected chi connectivity index (χ0v) is 15.7. The molecule has 0 radical (unpaired) electrons. The van der Waals surface area contributed by atoms with Crippen molar-refractivity contribution >= 4 is 28.5 Å². The zero-order valence-electron chi connectivity index (χ0n) is 14.9. The van der Waals surface area contributed by atoms with E-state index in [0.717, 1.165) is 11.1 Å². The predicted molar refractivity (Wildman–Crippen MR) is 109 cm³/mol. The van der Waals surface area contributed by atoms with Gasteiger partial charge in [-0.15, -0.1) is 0 Å². The molecule has 1 heterocycles. The summed E-state index contributed by atoms with van der Waals surface area (Å²) in [5.41, 5.74) is 2.42. The first-order valence-corrected chi connectivity index (χ1v) is 9.01. The Morgan fingerprint density at radius 2 is 1.75 bits per heavy atom.